The summed E-state index contributed by atoms with van der Waals surface area (Å²) in [6.07, 6.45) is 9.61. The van der Waals surface area contributed by atoms with Crippen LogP contribution in [0.5, 0.6) is 0 Å². The van der Waals surface area contributed by atoms with E-state index in [4.69, 9.17) is 0 Å². The summed E-state index contributed by atoms with van der Waals surface area (Å²) in [7, 11) is -5.64. The molecule has 146 valence electrons. The highest BCUT2D eigenvalue weighted by molar-refractivity contribution is 7.89. The molecule has 24 heavy (non-hydrogen) atoms. The fourth-order valence-electron chi connectivity index (χ4n) is 2.44. The van der Waals surface area contributed by atoms with E-state index in [2.05, 4.69) is 18.6 Å². The fraction of sp³-hybridized carbons (Fsp3) is 1.00. The summed E-state index contributed by atoms with van der Waals surface area (Å²) in [5.74, 6) is 0.661. The summed E-state index contributed by atoms with van der Waals surface area (Å²) >= 11 is 0. The van der Waals surface area contributed by atoms with Crippen LogP contribution in [0.3, 0.4) is 0 Å². The second-order valence-corrected chi connectivity index (χ2v) is 10.2. The standard InChI is InChI=1S/C7H16.C5H11NO2S.C4H9NO2S/c1-3-5-7-6-4-2;1-2-6-4-3-5-9(6,7)8;6-8(7)4-2-1-3-5-8/h3-7H2,1-2H3;2-5H2,1H3;5H,1-4H2. The largest absolute Gasteiger partial charge is 0.215 e. The normalized spacial score (nSPS) is 22.0. The van der Waals surface area contributed by atoms with Gasteiger partial charge in [-0.2, -0.15) is 0 Å². The van der Waals surface area contributed by atoms with Gasteiger partial charge in [-0.1, -0.05) is 52.9 Å². The van der Waals surface area contributed by atoms with Crippen LogP contribution in [0.1, 0.15) is 72.1 Å². The molecule has 0 aromatic heterocycles. The summed E-state index contributed by atoms with van der Waals surface area (Å²) in [5, 5.41) is 0. The van der Waals surface area contributed by atoms with Crippen molar-refractivity contribution < 1.29 is 16.8 Å². The van der Waals surface area contributed by atoms with Crippen molar-refractivity contribution in [3.05, 3.63) is 0 Å². The first-order valence-corrected chi connectivity index (χ1v) is 12.5. The minimum Gasteiger partial charge on any atom is -0.215 e. The second kappa shape index (κ2) is 13.1. The van der Waals surface area contributed by atoms with Crippen molar-refractivity contribution in [2.24, 2.45) is 0 Å². The lowest BCUT2D eigenvalue weighted by Crippen LogP contribution is -2.31. The first kappa shape index (κ1) is 23.8. The predicted molar refractivity (Wildman–Crippen MR) is 101 cm³/mol. The maximum absolute atomic E-state index is 10.9. The molecule has 0 atom stereocenters. The Labute approximate surface area is 149 Å². The topological polar surface area (TPSA) is 83.6 Å². The van der Waals surface area contributed by atoms with Crippen LogP contribution in [0.25, 0.3) is 0 Å². The van der Waals surface area contributed by atoms with Gasteiger partial charge in [-0.05, 0) is 19.3 Å². The van der Waals surface area contributed by atoms with E-state index < -0.39 is 20.0 Å². The summed E-state index contributed by atoms with van der Waals surface area (Å²) in [4.78, 5) is 0. The van der Waals surface area contributed by atoms with Gasteiger partial charge in [-0.15, -0.1) is 0 Å². The third kappa shape index (κ3) is 11.4. The molecule has 6 nitrogen and oxygen atoms in total. The van der Waals surface area contributed by atoms with Crippen molar-refractivity contribution in [2.45, 2.75) is 72.1 Å². The van der Waals surface area contributed by atoms with Crippen molar-refractivity contribution >= 4 is 20.0 Å². The first-order chi connectivity index (χ1) is 11.3. The minimum atomic E-state index is -2.83. The molecular weight excluding hydrogens is 348 g/mol. The zero-order valence-corrected chi connectivity index (χ0v) is 17.2. The smallest absolute Gasteiger partial charge is 0.214 e. The van der Waals surface area contributed by atoms with E-state index >= 15 is 0 Å². The maximum Gasteiger partial charge on any atom is 0.214 e. The van der Waals surface area contributed by atoms with Gasteiger partial charge < -0.3 is 0 Å². The number of nitrogens with zero attached hydrogens (tertiary/aromatic N) is 1. The fourth-order valence-corrected chi connectivity index (χ4v) is 5.18. The highest BCUT2D eigenvalue weighted by Gasteiger charge is 2.25. The number of sulfonamides is 2. The maximum atomic E-state index is 10.9. The van der Waals surface area contributed by atoms with Crippen LogP contribution < -0.4 is 4.72 Å². The SMILES string of the molecule is CCCCCCC.CCN1CCCS1(=O)=O.O=S1(=O)CCCCN1. The quantitative estimate of drug-likeness (QED) is 0.739. The van der Waals surface area contributed by atoms with Crippen LogP contribution in [0.2, 0.25) is 0 Å². The van der Waals surface area contributed by atoms with Gasteiger partial charge in [0.1, 0.15) is 0 Å². The van der Waals surface area contributed by atoms with Crippen molar-refractivity contribution in [2.75, 3.05) is 31.1 Å². The predicted octanol–water partition coefficient (Wildman–Crippen LogP) is 2.72. The molecular formula is C16H36N2O4S2. The molecule has 0 unspecified atom stereocenters. The highest BCUT2D eigenvalue weighted by atomic mass is 32.2. The number of hydrogen-bond donors (Lipinski definition) is 1. The third-order valence-corrected chi connectivity index (χ3v) is 7.43. The lowest BCUT2D eigenvalue weighted by atomic mass is 10.2. The summed E-state index contributed by atoms with van der Waals surface area (Å²) in [6.45, 7) is 8.33. The second-order valence-electron chi connectivity index (χ2n) is 6.14. The Balaban J connectivity index is 0.000000334. The molecule has 0 spiro atoms. The zero-order valence-electron chi connectivity index (χ0n) is 15.6. The average molecular weight is 385 g/mol. The number of unbranched alkanes of at least 4 members (excludes halogenated alkanes) is 4. The Morgan fingerprint density at radius 1 is 0.833 bits per heavy atom. The number of nitrogens with one attached hydrogen (secondary N) is 1. The van der Waals surface area contributed by atoms with Gasteiger partial charge in [-0.25, -0.2) is 25.9 Å². The zero-order chi connectivity index (χ0) is 18.5. The first-order valence-electron chi connectivity index (χ1n) is 9.24. The molecule has 2 fully saturated rings. The van der Waals surface area contributed by atoms with Crippen LogP contribution in [0.15, 0.2) is 0 Å². The van der Waals surface area contributed by atoms with Crippen LogP contribution in [-0.2, 0) is 20.0 Å². The van der Waals surface area contributed by atoms with E-state index in [0.717, 1.165) is 25.8 Å². The molecule has 2 saturated heterocycles. The molecule has 8 heteroatoms. The summed E-state index contributed by atoms with van der Waals surface area (Å²) < 4.78 is 46.9. The molecule has 2 aliphatic heterocycles. The van der Waals surface area contributed by atoms with Crippen molar-refractivity contribution in [3.63, 3.8) is 0 Å². The van der Waals surface area contributed by atoms with Crippen molar-refractivity contribution in [3.8, 4) is 0 Å². The van der Waals surface area contributed by atoms with Gasteiger partial charge in [0.2, 0.25) is 20.0 Å². The molecule has 2 heterocycles. The Kier molecular flexibility index (Phi) is 13.0. The lowest BCUT2D eigenvalue weighted by Gasteiger charge is -2.10. The highest BCUT2D eigenvalue weighted by Crippen LogP contribution is 2.11. The lowest BCUT2D eigenvalue weighted by molar-refractivity contribution is 0.463. The molecule has 2 aliphatic rings. The molecule has 1 N–H and O–H groups in total. The van der Waals surface area contributed by atoms with Gasteiger partial charge in [0.15, 0.2) is 0 Å². The summed E-state index contributed by atoms with van der Waals surface area (Å²) in [6, 6.07) is 0. The molecule has 0 radical (unpaired) electrons. The van der Waals surface area contributed by atoms with Gasteiger partial charge in [-0.3, -0.25) is 0 Å². The van der Waals surface area contributed by atoms with Crippen LogP contribution >= 0.6 is 0 Å². The molecule has 0 bridgehead atoms. The van der Waals surface area contributed by atoms with Crippen molar-refractivity contribution in [1.82, 2.24) is 9.03 Å². The molecule has 0 aromatic rings. The Hall–Kier alpha value is -0.180. The van der Waals surface area contributed by atoms with Gasteiger partial charge in [0, 0.05) is 19.6 Å². The van der Waals surface area contributed by atoms with E-state index in [1.54, 1.807) is 0 Å². The van der Waals surface area contributed by atoms with Crippen LogP contribution in [0.4, 0.5) is 0 Å². The Morgan fingerprint density at radius 2 is 1.46 bits per heavy atom. The van der Waals surface area contributed by atoms with Gasteiger partial charge in [0.25, 0.3) is 0 Å². The molecule has 0 saturated carbocycles. The Morgan fingerprint density at radius 3 is 1.71 bits per heavy atom. The molecule has 0 aliphatic carbocycles. The van der Waals surface area contributed by atoms with E-state index in [1.807, 2.05) is 6.92 Å². The minimum absolute atomic E-state index is 0.312. The molecule has 2 rings (SSSR count). The molecule has 0 aromatic carbocycles. The average Bonchev–Trinajstić information content (AvgIpc) is 2.87. The summed E-state index contributed by atoms with van der Waals surface area (Å²) in [5.41, 5.74) is 0. The molecule has 0 amide bonds. The van der Waals surface area contributed by atoms with E-state index in [-0.39, 0.29) is 0 Å². The van der Waals surface area contributed by atoms with E-state index in [9.17, 15) is 16.8 Å². The van der Waals surface area contributed by atoms with E-state index in [0.29, 0.717) is 24.6 Å². The van der Waals surface area contributed by atoms with Crippen molar-refractivity contribution in [1.29, 1.82) is 0 Å². The van der Waals surface area contributed by atoms with Gasteiger partial charge >= 0.3 is 0 Å². The Bertz CT molecular complexity index is 488. The number of rotatable bonds is 5. The van der Waals surface area contributed by atoms with E-state index in [1.165, 1.54) is 36.4 Å². The van der Waals surface area contributed by atoms with Crippen LogP contribution in [-0.4, -0.2) is 52.3 Å². The van der Waals surface area contributed by atoms with Crippen LogP contribution in [0, 0.1) is 0 Å². The number of hydrogen-bond acceptors (Lipinski definition) is 4. The van der Waals surface area contributed by atoms with Gasteiger partial charge in [0.05, 0.1) is 11.5 Å². The monoisotopic (exact) mass is 384 g/mol. The third-order valence-electron chi connectivity index (χ3n) is 3.92.